The van der Waals surface area contributed by atoms with Gasteiger partial charge in [0.2, 0.25) is 0 Å². The van der Waals surface area contributed by atoms with Crippen LogP contribution in [-0.4, -0.2) is 29.8 Å². The van der Waals surface area contributed by atoms with Crippen molar-refractivity contribution in [1.82, 2.24) is 4.90 Å². The predicted molar refractivity (Wildman–Crippen MR) is 124 cm³/mol. The number of carbonyl (C=O) groups is 2. The second-order valence-corrected chi connectivity index (χ2v) is 8.24. The van der Waals surface area contributed by atoms with Crippen LogP contribution in [0.5, 0.6) is 0 Å². The van der Waals surface area contributed by atoms with Crippen molar-refractivity contribution in [3.05, 3.63) is 100 Å². The van der Waals surface area contributed by atoms with Gasteiger partial charge in [-0.3, -0.25) is 9.59 Å². The van der Waals surface area contributed by atoms with Gasteiger partial charge in [-0.1, -0.05) is 18.2 Å². The third kappa shape index (κ3) is 5.01. The molecular formula is C26H24N4O3. The molecule has 2 heterocycles. The van der Waals surface area contributed by atoms with Gasteiger partial charge in [0.05, 0.1) is 11.6 Å². The molecule has 0 radical (unpaired) electrons. The second-order valence-electron chi connectivity index (χ2n) is 8.24. The van der Waals surface area contributed by atoms with Crippen LogP contribution in [0.3, 0.4) is 0 Å². The Balaban J connectivity index is 1.42. The number of likely N-dealkylation sites (tertiary alicyclic amines) is 1. The maximum Gasteiger partial charge on any atom is 0.261 e. The summed E-state index contributed by atoms with van der Waals surface area (Å²) in [5, 5.41) is 23.2. The molecule has 1 N–H and O–H groups in total. The number of aryl methyl sites for hydroxylation is 1. The Morgan fingerprint density at radius 1 is 1.09 bits per heavy atom. The lowest BCUT2D eigenvalue weighted by Gasteiger charge is -2.32. The Hall–Kier alpha value is -4.18. The number of benzene rings is 2. The van der Waals surface area contributed by atoms with Gasteiger partial charge in [0.15, 0.2) is 12.4 Å². The number of amides is 2. The summed E-state index contributed by atoms with van der Waals surface area (Å²) in [5.74, 6) is -0.110. The number of carbonyl (C=O) groups excluding carboxylic acids is 2. The number of nitriles is 1. The summed E-state index contributed by atoms with van der Waals surface area (Å²) in [5.41, 5.74) is 3.97. The molecule has 1 saturated heterocycles. The van der Waals surface area contributed by atoms with Gasteiger partial charge in [0.1, 0.15) is 5.56 Å². The lowest BCUT2D eigenvalue weighted by molar-refractivity contribution is -0.605. The minimum absolute atomic E-state index is 0.0686. The molecule has 0 aliphatic carbocycles. The molecule has 7 heteroatoms. The minimum Gasteiger partial charge on any atom is -0.619 e. The number of hydrogen-bond donors (Lipinski definition) is 1. The van der Waals surface area contributed by atoms with E-state index in [9.17, 15) is 14.8 Å². The zero-order valence-corrected chi connectivity index (χ0v) is 18.3. The summed E-state index contributed by atoms with van der Waals surface area (Å²) in [6.07, 6.45) is 4.23. The molecule has 0 saturated carbocycles. The van der Waals surface area contributed by atoms with Crippen molar-refractivity contribution in [1.29, 1.82) is 5.26 Å². The molecule has 0 spiro atoms. The molecule has 0 bridgehead atoms. The summed E-state index contributed by atoms with van der Waals surface area (Å²) in [6.45, 7) is 3.14. The topological polar surface area (TPSA) is 100 Å². The molecule has 166 valence electrons. The summed E-state index contributed by atoms with van der Waals surface area (Å²) in [7, 11) is 0. The molecule has 2 aromatic carbocycles. The fraction of sp³-hybridized carbons (Fsp3) is 0.231. The fourth-order valence-corrected chi connectivity index (χ4v) is 4.10. The van der Waals surface area contributed by atoms with Crippen molar-refractivity contribution in [2.75, 3.05) is 18.4 Å². The molecule has 2 amide bonds. The Morgan fingerprint density at radius 2 is 1.82 bits per heavy atom. The van der Waals surface area contributed by atoms with Crippen molar-refractivity contribution in [3.63, 3.8) is 0 Å². The maximum atomic E-state index is 13.1. The number of rotatable bonds is 4. The molecular weight excluding hydrogens is 416 g/mol. The first kappa shape index (κ1) is 22.0. The SMILES string of the molecule is Cc1ccc(C(=O)N2CCC(c3ccc(C#N)cc3)CC2)cc1NC(=O)c1ccc[n+]([O-])c1. The van der Waals surface area contributed by atoms with Gasteiger partial charge in [-0.05, 0) is 67.1 Å². The molecule has 33 heavy (non-hydrogen) atoms. The van der Waals surface area contributed by atoms with Crippen LogP contribution < -0.4 is 10.0 Å². The smallest absolute Gasteiger partial charge is 0.261 e. The van der Waals surface area contributed by atoms with Crippen LogP contribution in [0.4, 0.5) is 5.69 Å². The Labute approximate surface area is 192 Å². The van der Waals surface area contributed by atoms with E-state index in [2.05, 4.69) is 11.4 Å². The predicted octanol–water partition coefficient (Wildman–Crippen LogP) is 3.77. The van der Waals surface area contributed by atoms with E-state index in [-0.39, 0.29) is 11.5 Å². The minimum atomic E-state index is -0.406. The Bertz CT molecular complexity index is 1220. The summed E-state index contributed by atoms with van der Waals surface area (Å²) < 4.78 is 0.573. The molecule has 1 aromatic heterocycles. The highest BCUT2D eigenvalue weighted by molar-refractivity contribution is 6.05. The lowest BCUT2D eigenvalue weighted by atomic mass is 9.89. The van der Waals surface area contributed by atoms with Crippen LogP contribution in [0.1, 0.15) is 56.2 Å². The molecule has 1 aliphatic heterocycles. The zero-order chi connectivity index (χ0) is 23.4. The van der Waals surface area contributed by atoms with Crippen LogP contribution >= 0.6 is 0 Å². The zero-order valence-electron chi connectivity index (χ0n) is 18.3. The van der Waals surface area contributed by atoms with E-state index < -0.39 is 5.91 Å². The second kappa shape index (κ2) is 9.53. The quantitative estimate of drug-likeness (QED) is 0.493. The lowest BCUT2D eigenvalue weighted by Crippen LogP contribution is -2.38. The highest BCUT2D eigenvalue weighted by atomic mass is 16.5. The van der Waals surface area contributed by atoms with Crippen LogP contribution in [0.2, 0.25) is 0 Å². The van der Waals surface area contributed by atoms with E-state index in [0.29, 0.717) is 40.6 Å². The van der Waals surface area contributed by atoms with Gasteiger partial charge in [0, 0.05) is 30.4 Å². The highest BCUT2D eigenvalue weighted by Crippen LogP contribution is 2.29. The van der Waals surface area contributed by atoms with Gasteiger partial charge in [-0.2, -0.15) is 9.99 Å². The average molecular weight is 441 g/mol. The Kier molecular flexibility index (Phi) is 6.36. The fourth-order valence-electron chi connectivity index (χ4n) is 4.10. The van der Waals surface area contributed by atoms with Crippen molar-refractivity contribution in [3.8, 4) is 6.07 Å². The van der Waals surface area contributed by atoms with Crippen LogP contribution in [0, 0.1) is 23.5 Å². The van der Waals surface area contributed by atoms with Crippen LogP contribution in [0.15, 0.2) is 67.0 Å². The largest absolute Gasteiger partial charge is 0.619 e. The van der Waals surface area contributed by atoms with Gasteiger partial charge in [-0.25, -0.2) is 0 Å². The van der Waals surface area contributed by atoms with Gasteiger partial charge in [-0.15, -0.1) is 0 Å². The third-order valence-corrected chi connectivity index (χ3v) is 6.06. The number of hydrogen-bond acceptors (Lipinski definition) is 4. The standard InChI is InChI=1S/C26H24N4O3/c1-18-4-7-22(15-24(18)28-25(31)23-3-2-12-30(33)17-23)26(32)29-13-10-21(11-14-29)20-8-5-19(16-27)6-9-20/h2-9,12,15,17,21H,10-11,13-14H2,1H3,(H,28,31). The summed E-state index contributed by atoms with van der Waals surface area (Å²) in [6, 6.07) is 18.1. The Morgan fingerprint density at radius 3 is 2.48 bits per heavy atom. The number of piperidine rings is 1. The van der Waals surface area contributed by atoms with Gasteiger partial charge < -0.3 is 15.4 Å². The number of pyridine rings is 1. The van der Waals surface area contributed by atoms with Gasteiger partial charge >= 0.3 is 0 Å². The third-order valence-electron chi connectivity index (χ3n) is 6.06. The summed E-state index contributed by atoms with van der Waals surface area (Å²) >= 11 is 0. The number of aromatic nitrogens is 1. The molecule has 0 unspecified atom stereocenters. The number of nitrogens with one attached hydrogen (secondary N) is 1. The summed E-state index contributed by atoms with van der Waals surface area (Å²) in [4.78, 5) is 27.5. The van der Waals surface area contributed by atoms with Crippen molar-refractivity contribution in [2.45, 2.75) is 25.7 Å². The average Bonchev–Trinajstić information content (AvgIpc) is 2.85. The maximum absolute atomic E-state index is 13.1. The van der Waals surface area contributed by atoms with E-state index in [1.807, 2.05) is 42.2 Å². The number of nitrogens with zero attached hydrogens (tertiary/aromatic N) is 3. The highest BCUT2D eigenvalue weighted by Gasteiger charge is 2.25. The van der Waals surface area contributed by atoms with E-state index in [1.54, 1.807) is 18.2 Å². The van der Waals surface area contributed by atoms with Crippen molar-refractivity contribution >= 4 is 17.5 Å². The first-order valence-corrected chi connectivity index (χ1v) is 10.8. The monoisotopic (exact) mass is 440 g/mol. The van der Waals surface area contributed by atoms with Gasteiger partial charge in [0.25, 0.3) is 11.8 Å². The van der Waals surface area contributed by atoms with Crippen molar-refractivity contribution < 1.29 is 14.3 Å². The van der Waals surface area contributed by atoms with E-state index in [1.165, 1.54) is 24.0 Å². The van der Waals surface area contributed by atoms with Crippen molar-refractivity contribution in [2.24, 2.45) is 0 Å². The molecule has 0 atom stereocenters. The number of anilines is 1. The molecule has 7 nitrogen and oxygen atoms in total. The van der Waals surface area contributed by atoms with E-state index in [0.717, 1.165) is 18.4 Å². The normalized spacial score (nSPS) is 13.9. The van der Waals surface area contributed by atoms with E-state index >= 15 is 0 Å². The van der Waals surface area contributed by atoms with Crippen LogP contribution in [-0.2, 0) is 0 Å². The molecule has 4 rings (SSSR count). The molecule has 1 aliphatic rings. The van der Waals surface area contributed by atoms with E-state index in [4.69, 9.17) is 5.26 Å². The molecule has 1 fully saturated rings. The first-order chi connectivity index (χ1) is 15.9. The first-order valence-electron chi connectivity index (χ1n) is 10.8. The van der Waals surface area contributed by atoms with Crippen LogP contribution in [0.25, 0.3) is 0 Å². The molecule has 3 aromatic rings.